The molecule has 8 heteroatoms. The molecule has 0 aromatic heterocycles. The van der Waals surface area contributed by atoms with E-state index in [1.807, 2.05) is 6.92 Å². The molecule has 1 aliphatic rings. The molecule has 0 bridgehead atoms. The smallest absolute Gasteiger partial charge is 0.218 e. The minimum atomic E-state index is -2.45. The lowest BCUT2D eigenvalue weighted by molar-refractivity contribution is -0.169. The third kappa shape index (κ3) is 4.51. The highest BCUT2D eigenvalue weighted by Crippen LogP contribution is 2.40. The largest absolute Gasteiger partial charge is 0.396 e. The Kier molecular flexibility index (Phi) is 7.40. The number of halogens is 1. The Morgan fingerprint density at radius 1 is 0.871 bits per heavy atom. The molecule has 3 rings (SSSR count). The summed E-state index contributed by atoms with van der Waals surface area (Å²) in [5.74, 6) is -4.62. The highest BCUT2D eigenvalue weighted by atomic mass is 35.5. The van der Waals surface area contributed by atoms with Crippen molar-refractivity contribution in [2.24, 2.45) is 5.92 Å². The maximum Gasteiger partial charge on any atom is 0.218 e. The maximum atomic E-state index is 10.9. The average molecular weight is 453 g/mol. The maximum absolute atomic E-state index is 10.9. The van der Waals surface area contributed by atoms with E-state index in [2.05, 4.69) is 0 Å². The summed E-state index contributed by atoms with van der Waals surface area (Å²) < 4.78 is 0. The van der Waals surface area contributed by atoms with Crippen LogP contribution in [-0.4, -0.2) is 66.8 Å². The molecule has 0 aliphatic heterocycles. The first-order chi connectivity index (χ1) is 14.6. The van der Waals surface area contributed by atoms with Crippen molar-refractivity contribution in [2.75, 3.05) is 6.61 Å². The summed E-state index contributed by atoms with van der Waals surface area (Å²) in [6.45, 7) is 1.45. The van der Waals surface area contributed by atoms with Crippen LogP contribution in [0, 0.1) is 5.92 Å². The zero-order chi connectivity index (χ0) is 22.9. The van der Waals surface area contributed by atoms with E-state index in [1.165, 1.54) is 18.2 Å². The molecule has 2 aromatic rings. The zero-order valence-electron chi connectivity index (χ0n) is 17.1. The summed E-state index contributed by atoms with van der Waals surface area (Å²) in [6.07, 6.45) is -4.21. The van der Waals surface area contributed by atoms with Crippen molar-refractivity contribution in [1.29, 1.82) is 0 Å². The number of aryl methyl sites for hydroxylation is 1. The molecule has 1 saturated carbocycles. The van der Waals surface area contributed by atoms with E-state index in [0.717, 1.165) is 18.4 Å². The summed E-state index contributed by atoms with van der Waals surface area (Å²) in [6, 6.07) is 11.0. The monoisotopic (exact) mass is 452 g/mol. The Balaban J connectivity index is 2.01. The zero-order valence-corrected chi connectivity index (χ0v) is 17.9. The number of aliphatic hydroxyl groups is 7. The van der Waals surface area contributed by atoms with Crippen LogP contribution in [0.1, 0.15) is 41.5 Å². The van der Waals surface area contributed by atoms with Gasteiger partial charge in [-0.3, -0.25) is 0 Å². The highest BCUT2D eigenvalue weighted by molar-refractivity contribution is 6.31. The molecule has 6 unspecified atom stereocenters. The summed E-state index contributed by atoms with van der Waals surface area (Å²) in [4.78, 5) is 0. The van der Waals surface area contributed by atoms with Crippen molar-refractivity contribution in [3.05, 3.63) is 69.7 Å². The summed E-state index contributed by atoms with van der Waals surface area (Å²) in [7, 11) is 0. The normalized spacial score (nSPS) is 29.2. The molecule has 0 radical (unpaired) electrons. The van der Waals surface area contributed by atoms with Crippen LogP contribution in [0.5, 0.6) is 0 Å². The number of aliphatic hydroxyl groups excluding tert-OH is 5. The predicted molar refractivity (Wildman–Crippen MR) is 114 cm³/mol. The van der Waals surface area contributed by atoms with E-state index in [0.29, 0.717) is 0 Å². The molecule has 1 aliphatic carbocycles. The second-order valence-corrected chi connectivity index (χ2v) is 8.60. The molecule has 31 heavy (non-hydrogen) atoms. The second kappa shape index (κ2) is 9.52. The Morgan fingerprint density at radius 2 is 1.52 bits per heavy atom. The molecule has 0 spiro atoms. The van der Waals surface area contributed by atoms with Gasteiger partial charge in [0.05, 0.1) is 24.9 Å². The first-order valence-corrected chi connectivity index (χ1v) is 10.7. The van der Waals surface area contributed by atoms with Gasteiger partial charge in [0, 0.05) is 28.0 Å². The van der Waals surface area contributed by atoms with Gasteiger partial charge in [-0.25, -0.2) is 0 Å². The number of rotatable bonds is 6. The molecule has 0 saturated heterocycles. The quantitative estimate of drug-likeness (QED) is 0.319. The fourth-order valence-electron chi connectivity index (χ4n) is 4.31. The van der Waals surface area contributed by atoms with Crippen molar-refractivity contribution in [3.8, 4) is 0 Å². The lowest BCUT2D eigenvalue weighted by Crippen LogP contribution is -2.58. The number of hydrogen-bond acceptors (Lipinski definition) is 7. The third-order valence-corrected chi connectivity index (χ3v) is 6.50. The molecule has 6 atom stereocenters. The van der Waals surface area contributed by atoms with Crippen LogP contribution in [0.25, 0.3) is 0 Å². The van der Waals surface area contributed by atoms with E-state index in [-0.39, 0.29) is 21.7 Å². The van der Waals surface area contributed by atoms with Gasteiger partial charge < -0.3 is 35.7 Å². The van der Waals surface area contributed by atoms with Gasteiger partial charge in [-0.15, -0.1) is 0 Å². The van der Waals surface area contributed by atoms with Crippen LogP contribution < -0.4 is 0 Å². The molecule has 7 nitrogen and oxygen atoms in total. The Bertz CT molecular complexity index is 886. The molecule has 0 heterocycles. The van der Waals surface area contributed by atoms with Gasteiger partial charge in [-0.05, 0) is 29.7 Å². The van der Waals surface area contributed by atoms with Gasteiger partial charge in [-0.1, -0.05) is 55.3 Å². The average Bonchev–Trinajstić information content (AvgIpc) is 2.74. The fraction of sp³-hybridized carbons (Fsp3) is 0.478. The van der Waals surface area contributed by atoms with Crippen LogP contribution in [0.4, 0.5) is 0 Å². The van der Waals surface area contributed by atoms with E-state index in [4.69, 9.17) is 11.6 Å². The molecule has 0 amide bonds. The van der Waals surface area contributed by atoms with E-state index in [1.54, 1.807) is 24.3 Å². The number of benzene rings is 2. The van der Waals surface area contributed by atoms with Crippen LogP contribution in [-0.2, 0) is 12.2 Å². The van der Waals surface area contributed by atoms with Crippen LogP contribution in [0.2, 0.25) is 5.02 Å². The second-order valence-electron chi connectivity index (χ2n) is 8.19. The minimum Gasteiger partial charge on any atom is -0.396 e. The lowest BCUT2D eigenvalue weighted by atomic mass is 9.70. The number of hydrogen-bond donors (Lipinski definition) is 7. The Labute approximate surface area is 185 Å². The molecule has 1 fully saturated rings. The van der Waals surface area contributed by atoms with Crippen molar-refractivity contribution >= 4 is 11.6 Å². The fourth-order valence-corrected chi connectivity index (χ4v) is 4.56. The van der Waals surface area contributed by atoms with E-state index >= 15 is 0 Å². The van der Waals surface area contributed by atoms with Crippen LogP contribution >= 0.6 is 11.6 Å². The lowest BCUT2D eigenvalue weighted by Gasteiger charge is -2.44. The molecule has 2 aromatic carbocycles. The van der Waals surface area contributed by atoms with Gasteiger partial charge in [-0.2, -0.15) is 0 Å². The molecular weight excluding hydrogens is 424 g/mol. The van der Waals surface area contributed by atoms with Gasteiger partial charge in [0.2, 0.25) is 5.79 Å². The SMILES string of the molecule is CCCc1ccc(C(O)(O)c2cc(C3C(O)C(O)C(O)C(CO)C3O)ccc2Cl)cc1. The Hall–Kier alpha value is -1.55. The van der Waals surface area contributed by atoms with Crippen molar-refractivity contribution < 1.29 is 35.7 Å². The molecule has 7 N–H and O–H groups in total. The summed E-state index contributed by atoms with van der Waals surface area (Å²) >= 11 is 6.26. The van der Waals surface area contributed by atoms with E-state index in [9.17, 15) is 35.7 Å². The van der Waals surface area contributed by atoms with Crippen molar-refractivity contribution in [2.45, 2.75) is 55.9 Å². The van der Waals surface area contributed by atoms with Crippen LogP contribution in [0.15, 0.2) is 42.5 Å². The first-order valence-electron chi connectivity index (χ1n) is 10.3. The summed E-state index contributed by atoms with van der Waals surface area (Å²) in [5.41, 5.74) is 1.46. The van der Waals surface area contributed by atoms with Crippen molar-refractivity contribution in [1.82, 2.24) is 0 Å². The minimum absolute atomic E-state index is 0.0598. The van der Waals surface area contributed by atoms with Crippen molar-refractivity contribution in [3.63, 3.8) is 0 Å². The highest BCUT2D eigenvalue weighted by Gasteiger charge is 2.49. The third-order valence-electron chi connectivity index (χ3n) is 6.17. The Morgan fingerprint density at radius 3 is 2.10 bits per heavy atom. The summed E-state index contributed by atoms with van der Waals surface area (Å²) in [5, 5.41) is 72.8. The van der Waals surface area contributed by atoms with Gasteiger partial charge in [0.1, 0.15) is 6.10 Å². The van der Waals surface area contributed by atoms with Crippen LogP contribution in [0.3, 0.4) is 0 Å². The van der Waals surface area contributed by atoms with E-state index < -0.39 is 48.6 Å². The predicted octanol–water partition coefficient (Wildman–Crippen LogP) is 0.627. The molecular formula is C23H29ClO7. The van der Waals surface area contributed by atoms with Gasteiger partial charge in [0.15, 0.2) is 0 Å². The first kappa shape index (κ1) is 24.1. The van der Waals surface area contributed by atoms with Gasteiger partial charge >= 0.3 is 0 Å². The molecule has 170 valence electrons. The standard InChI is InChI=1S/C23H29ClO7/c1-2-3-12-4-7-14(8-5-12)23(30,31)16-10-13(6-9-17(16)24)18-19(26)15(11-25)20(27)22(29)21(18)28/h4-10,15,18-22,25-31H,2-3,11H2,1H3. The topological polar surface area (TPSA) is 142 Å². The van der Waals surface area contributed by atoms with Gasteiger partial charge in [0.25, 0.3) is 0 Å².